The number of halogens is 3. The Labute approximate surface area is 79.4 Å². The lowest BCUT2D eigenvalue weighted by Gasteiger charge is -2.06. The van der Waals surface area contributed by atoms with Gasteiger partial charge >= 0.3 is 0 Å². The third-order valence-electron chi connectivity index (χ3n) is 1.00. The van der Waals surface area contributed by atoms with Crippen LogP contribution in [0.1, 0.15) is 0 Å². The molecule has 1 rings (SSSR count). The maximum atomic E-state index is 5.70. The molecule has 11 heavy (non-hydrogen) atoms. The molecule has 5 heteroatoms. The zero-order chi connectivity index (χ0) is 8.27. The normalized spacial score (nSPS) is 10.2. The van der Waals surface area contributed by atoms with E-state index in [2.05, 4.69) is 0 Å². The van der Waals surface area contributed by atoms with E-state index in [9.17, 15) is 0 Å². The van der Waals surface area contributed by atoms with Crippen LogP contribution in [0.5, 0.6) is 5.75 Å². The van der Waals surface area contributed by atoms with E-state index in [1.807, 2.05) is 0 Å². The fraction of sp³-hybridized carbons (Fsp3) is 0. The summed E-state index contributed by atoms with van der Waals surface area (Å²) in [5.41, 5.74) is 0. The van der Waals surface area contributed by atoms with Gasteiger partial charge in [0.1, 0.15) is 0 Å². The highest BCUT2D eigenvalue weighted by molar-refractivity contribution is 6.33. The molecule has 0 aromatic heterocycles. The number of nitrogens with zero attached hydrogens (tertiary/aromatic N) is 1. The Morgan fingerprint density at radius 1 is 1.18 bits per heavy atom. The Hall–Kier alpha value is -0.150. The van der Waals surface area contributed by atoms with Crippen LogP contribution in [0.2, 0.25) is 5.02 Å². The van der Waals surface area contributed by atoms with Gasteiger partial charge in [0, 0.05) is 27.7 Å². The summed E-state index contributed by atoms with van der Waals surface area (Å²) in [6.07, 6.45) is 0. The van der Waals surface area contributed by atoms with Crippen molar-refractivity contribution in [2.24, 2.45) is 0 Å². The Balaban J connectivity index is 2.78. The average Bonchev–Trinajstić information content (AvgIpc) is 1.93. The molecule has 0 unspecified atom stereocenters. The van der Waals surface area contributed by atoms with Crippen LogP contribution in [0, 0.1) is 0 Å². The number of para-hydroxylation sites is 1. The molecule has 0 fully saturated rings. The van der Waals surface area contributed by atoms with Gasteiger partial charge in [-0.2, -0.15) is 0 Å². The molecular formula is C6H4Cl3NO. The van der Waals surface area contributed by atoms with Gasteiger partial charge in [-0.25, -0.2) is 0 Å². The summed E-state index contributed by atoms with van der Waals surface area (Å²) in [6.45, 7) is 0. The minimum absolute atomic E-state index is 0.416. The SMILES string of the molecule is Clc1ccccc1ON(Cl)Cl. The summed E-state index contributed by atoms with van der Waals surface area (Å²) < 4.78 is 0.543. The van der Waals surface area contributed by atoms with Crippen LogP contribution in [0.15, 0.2) is 24.3 Å². The van der Waals surface area contributed by atoms with Crippen LogP contribution in [-0.2, 0) is 0 Å². The van der Waals surface area contributed by atoms with E-state index in [0.717, 1.165) is 0 Å². The van der Waals surface area contributed by atoms with Gasteiger partial charge < -0.3 is 4.84 Å². The topological polar surface area (TPSA) is 12.5 Å². The van der Waals surface area contributed by atoms with Crippen molar-refractivity contribution in [1.82, 2.24) is 4.10 Å². The van der Waals surface area contributed by atoms with Crippen LogP contribution in [0.3, 0.4) is 0 Å². The third-order valence-corrected chi connectivity index (χ3v) is 1.45. The molecule has 60 valence electrons. The zero-order valence-electron chi connectivity index (χ0n) is 5.30. The first kappa shape index (κ1) is 8.94. The number of hydrogen-bond acceptors (Lipinski definition) is 2. The van der Waals surface area contributed by atoms with Crippen molar-refractivity contribution < 1.29 is 4.84 Å². The van der Waals surface area contributed by atoms with Crippen LogP contribution < -0.4 is 4.84 Å². The lowest BCUT2D eigenvalue weighted by atomic mass is 10.3. The van der Waals surface area contributed by atoms with Gasteiger partial charge in [-0.15, -0.1) is 0 Å². The lowest BCUT2D eigenvalue weighted by molar-refractivity contribution is 0.137. The first-order valence-electron chi connectivity index (χ1n) is 2.74. The molecule has 0 atom stereocenters. The summed E-state index contributed by atoms with van der Waals surface area (Å²) in [7, 11) is 0. The summed E-state index contributed by atoms with van der Waals surface area (Å²) in [4.78, 5) is 4.78. The molecule has 0 aliphatic rings. The first-order chi connectivity index (χ1) is 5.20. The van der Waals surface area contributed by atoms with Crippen molar-refractivity contribution >= 4 is 35.2 Å². The molecule has 0 amide bonds. The summed E-state index contributed by atoms with van der Waals surface area (Å²) in [6, 6.07) is 6.87. The van der Waals surface area contributed by atoms with Gasteiger partial charge in [-0.05, 0) is 12.1 Å². The van der Waals surface area contributed by atoms with Gasteiger partial charge in [-0.1, -0.05) is 23.7 Å². The van der Waals surface area contributed by atoms with E-state index < -0.39 is 0 Å². The van der Waals surface area contributed by atoms with E-state index >= 15 is 0 Å². The fourth-order valence-corrected chi connectivity index (χ4v) is 0.912. The third kappa shape index (κ3) is 2.75. The van der Waals surface area contributed by atoms with Gasteiger partial charge in [0.05, 0.1) is 5.02 Å². The number of benzene rings is 1. The number of hydrogen-bond donors (Lipinski definition) is 0. The fourth-order valence-electron chi connectivity index (χ4n) is 0.593. The van der Waals surface area contributed by atoms with Crippen LogP contribution >= 0.6 is 35.2 Å². The minimum atomic E-state index is 0.416. The standard InChI is InChI=1S/C6H4Cl3NO/c7-5-3-1-2-4-6(5)11-10(8)9/h1-4H. The molecule has 0 radical (unpaired) electrons. The maximum absolute atomic E-state index is 5.70. The molecule has 0 heterocycles. The van der Waals surface area contributed by atoms with Crippen molar-refractivity contribution in [3.8, 4) is 5.75 Å². The predicted octanol–water partition coefficient (Wildman–Crippen LogP) is 3.24. The molecule has 0 saturated carbocycles. The van der Waals surface area contributed by atoms with Gasteiger partial charge in [0.2, 0.25) is 0 Å². The summed E-state index contributed by atoms with van der Waals surface area (Å²) in [5.74, 6) is 0.416. The Kier molecular flexibility index (Phi) is 3.27. The van der Waals surface area contributed by atoms with E-state index in [0.29, 0.717) is 14.9 Å². The van der Waals surface area contributed by atoms with Crippen molar-refractivity contribution in [2.75, 3.05) is 0 Å². The lowest BCUT2D eigenvalue weighted by Crippen LogP contribution is -2.02. The van der Waals surface area contributed by atoms with E-state index in [1.165, 1.54) is 0 Å². The van der Waals surface area contributed by atoms with Gasteiger partial charge in [0.15, 0.2) is 5.75 Å². The molecule has 2 nitrogen and oxygen atoms in total. The molecule has 0 spiro atoms. The smallest absolute Gasteiger partial charge is 0.169 e. The molecule has 1 aromatic carbocycles. The molecule has 1 aromatic rings. The Bertz CT molecular complexity index is 241. The second kappa shape index (κ2) is 4.02. The van der Waals surface area contributed by atoms with Gasteiger partial charge in [0.25, 0.3) is 0 Å². The van der Waals surface area contributed by atoms with Gasteiger partial charge in [-0.3, -0.25) is 0 Å². The first-order valence-corrected chi connectivity index (χ1v) is 3.80. The molecule has 0 aliphatic carbocycles. The Morgan fingerprint density at radius 3 is 2.36 bits per heavy atom. The molecule has 0 saturated heterocycles. The van der Waals surface area contributed by atoms with E-state index in [-0.39, 0.29) is 0 Å². The average molecular weight is 212 g/mol. The quantitative estimate of drug-likeness (QED) is 0.551. The van der Waals surface area contributed by atoms with E-state index in [1.54, 1.807) is 24.3 Å². The summed E-state index contributed by atoms with van der Waals surface area (Å²) >= 11 is 16.1. The Morgan fingerprint density at radius 2 is 1.82 bits per heavy atom. The zero-order valence-corrected chi connectivity index (χ0v) is 7.57. The van der Waals surface area contributed by atoms with E-state index in [4.69, 9.17) is 40.0 Å². The highest BCUT2D eigenvalue weighted by Gasteiger charge is 2.02. The minimum Gasteiger partial charge on any atom is -0.373 e. The predicted molar refractivity (Wildman–Crippen MR) is 45.6 cm³/mol. The summed E-state index contributed by atoms with van der Waals surface area (Å²) in [5, 5.41) is 0.457. The maximum Gasteiger partial charge on any atom is 0.169 e. The van der Waals surface area contributed by atoms with Crippen LogP contribution in [0.4, 0.5) is 0 Å². The molecular weight excluding hydrogens is 208 g/mol. The second-order valence-corrected chi connectivity index (χ2v) is 2.92. The van der Waals surface area contributed by atoms with Crippen LogP contribution in [0.25, 0.3) is 0 Å². The molecule has 0 N–H and O–H groups in total. The van der Waals surface area contributed by atoms with Crippen molar-refractivity contribution in [1.29, 1.82) is 0 Å². The van der Waals surface area contributed by atoms with Crippen molar-refractivity contribution in [3.63, 3.8) is 0 Å². The largest absolute Gasteiger partial charge is 0.373 e. The second-order valence-electron chi connectivity index (χ2n) is 1.72. The molecule has 0 bridgehead atoms. The highest BCUT2D eigenvalue weighted by atomic mass is 35.5. The molecule has 0 aliphatic heterocycles. The highest BCUT2D eigenvalue weighted by Crippen LogP contribution is 2.24. The monoisotopic (exact) mass is 211 g/mol. The van der Waals surface area contributed by atoms with Crippen molar-refractivity contribution in [3.05, 3.63) is 29.3 Å². The van der Waals surface area contributed by atoms with Crippen molar-refractivity contribution in [2.45, 2.75) is 0 Å². The number of rotatable bonds is 2. The van der Waals surface area contributed by atoms with Crippen LogP contribution in [-0.4, -0.2) is 4.10 Å².